The van der Waals surface area contributed by atoms with Crippen LogP contribution in [0.15, 0.2) is 46.2 Å². The Morgan fingerprint density at radius 2 is 1.67 bits per heavy atom. The van der Waals surface area contributed by atoms with E-state index in [1.807, 2.05) is 5.32 Å². The molecule has 0 spiro atoms. The predicted molar refractivity (Wildman–Crippen MR) is 140 cm³/mol. The highest BCUT2D eigenvalue weighted by Crippen LogP contribution is 2.49. The Morgan fingerprint density at radius 3 is 2.26 bits per heavy atom. The Labute approximate surface area is 221 Å². The summed E-state index contributed by atoms with van der Waals surface area (Å²) < 4.78 is 62.8. The molecule has 5 rings (SSSR count). The van der Waals surface area contributed by atoms with Crippen molar-refractivity contribution < 1.29 is 29.9 Å². The van der Waals surface area contributed by atoms with E-state index in [1.165, 1.54) is 59.9 Å². The number of aryl methyl sites for hydroxylation is 4. The lowest BCUT2D eigenvalue weighted by Gasteiger charge is -2.20. The van der Waals surface area contributed by atoms with E-state index in [0.717, 1.165) is 0 Å². The van der Waals surface area contributed by atoms with Crippen molar-refractivity contribution in [1.82, 2.24) is 19.4 Å². The van der Waals surface area contributed by atoms with E-state index in [9.17, 15) is 31.9 Å². The molecule has 0 atom stereocenters. The molecule has 1 aromatic carbocycles. The molecule has 0 bridgehead atoms. The van der Waals surface area contributed by atoms with Crippen LogP contribution in [0.4, 0.5) is 17.6 Å². The van der Waals surface area contributed by atoms with E-state index in [0.29, 0.717) is 22.4 Å². The van der Waals surface area contributed by atoms with Crippen molar-refractivity contribution >= 4 is 16.8 Å². The molecule has 1 aliphatic carbocycles. The maximum atomic E-state index is 13.9. The summed E-state index contributed by atoms with van der Waals surface area (Å²) in [5, 5.41) is 2.26. The molecule has 39 heavy (non-hydrogen) atoms. The average molecular weight is 549 g/mol. The largest absolute Gasteiger partial charge is 0.455 e. The first-order valence-corrected chi connectivity index (χ1v) is 12.0. The minimum atomic E-state index is -4.61. The highest BCUT2D eigenvalue weighted by Gasteiger charge is 2.64. The molecule has 0 radical (unpaired) electrons. The van der Waals surface area contributed by atoms with Gasteiger partial charge in [-0.05, 0) is 56.0 Å². The SMILES string of the molecule is Cc1cc(F)cc(C)c1Oc1cn(C)c(=O)cc1-c1cn(C)c(=O)c2[nH]c(C(=O)NC3(C(F)(F)F)CC3)cc12.[HH].[HH]. The topological polar surface area (TPSA) is 98.1 Å². The van der Waals surface area contributed by atoms with Gasteiger partial charge in [0.2, 0.25) is 0 Å². The standard InChI is InChI=1S/C27H24F4N4O4.2H2/c1-13-7-15(28)8-14(2)23(13)39-20-12-34(3)21(36)10-16(20)18-11-35(4)25(38)22-17(18)9-19(32-22)24(37)33-26(5-6-26)27(29,30)31;;/h7-12,32H,5-6H2,1-4H3,(H,33,37);2*1H. The summed E-state index contributed by atoms with van der Waals surface area (Å²) in [7, 11) is 2.98. The maximum Gasteiger partial charge on any atom is 0.411 e. The molecule has 3 heterocycles. The number of halogens is 4. The van der Waals surface area contributed by atoms with Crippen LogP contribution in [0.5, 0.6) is 11.5 Å². The third-order valence-corrected chi connectivity index (χ3v) is 6.97. The molecule has 208 valence electrons. The van der Waals surface area contributed by atoms with Gasteiger partial charge in [0.05, 0.1) is 6.20 Å². The fraction of sp³-hybridized carbons (Fsp3) is 0.296. The van der Waals surface area contributed by atoms with Gasteiger partial charge in [-0.1, -0.05) is 0 Å². The Hall–Kier alpha value is -4.35. The number of aromatic amines is 1. The third-order valence-electron chi connectivity index (χ3n) is 6.97. The number of alkyl halides is 3. The molecule has 1 aliphatic rings. The van der Waals surface area contributed by atoms with Gasteiger partial charge in [0.1, 0.15) is 28.3 Å². The van der Waals surface area contributed by atoms with E-state index in [-0.39, 0.29) is 43.6 Å². The molecule has 1 amide bonds. The Bertz CT molecular complexity index is 1770. The van der Waals surface area contributed by atoms with Gasteiger partial charge in [-0.2, -0.15) is 13.2 Å². The Balaban J connectivity index is 0.00000231. The van der Waals surface area contributed by atoms with Crippen LogP contribution in [0.1, 0.15) is 37.3 Å². The van der Waals surface area contributed by atoms with Gasteiger partial charge in [-0.25, -0.2) is 4.39 Å². The number of nitrogens with zero attached hydrogens (tertiary/aromatic N) is 2. The van der Waals surface area contributed by atoms with Crippen molar-refractivity contribution in [1.29, 1.82) is 0 Å². The number of aromatic nitrogens is 3. The van der Waals surface area contributed by atoms with Crippen LogP contribution in [-0.4, -0.2) is 31.7 Å². The maximum absolute atomic E-state index is 13.9. The average Bonchev–Trinajstić information content (AvgIpc) is 3.49. The Kier molecular flexibility index (Phi) is 5.96. The zero-order valence-corrected chi connectivity index (χ0v) is 21.4. The monoisotopic (exact) mass is 548 g/mol. The van der Waals surface area contributed by atoms with Gasteiger partial charge >= 0.3 is 6.18 Å². The number of nitrogens with one attached hydrogen (secondary N) is 2. The zero-order valence-electron chi connectivity index (χ0n) is 21.4. The zero-order chi connectivity index (χ0) is 28.4. The number of ether oxygens (including phenoxy) is 1. The number of carbonyl (C=O) groups excluding carboxylic acids is 1. The minimum Gasteiger partial charge on any atom is -0.455 e. The lowest BCUT2D eigenvalue weighted by Crippen LogP contribution is -2.47. The highest BCUT2D eigenvalue weighted by molar-refractivity contribution is 6.03. The first kappa shape index (κ1) is 26.3. The van der Waals surface area contributed by atoms with Gasteiger partial charge < -0.3 is 24.2 Å². The van der Waals surface area contributed by atoms with Crippen LogP contribution < -0.4 is 21.2 Å². The van der Waals surface area contributed by atoms with E-state index in [4.69, 9.17) is 4.74 Å². The number of pyridine rings is 2. The molecule has 1 saturated carbocycles. The number of amides is 1. The smallest absolute Gasteiger partial charge is 0.411 e. The second kappa shape index (κ2) is 8.85. The van der Waals surface area contributed by atoms with Crippen molar-refractivity contribution in [2.45, 2.75) is 38.4 Å². The van der Waals surface area contributed by atoms with Crippen molar-refractivity contribution in [3.05, 3.63) is 80.0 Å². The van der Waals surface area contributed by atoms with E-state index in [2.05, 4.69) is 4.98 Å². The molecule has 0 aliphatic heterocycles. The van der Waals surface area contributed by atoms with Gasteiger partial charge in [0, 0.05) is 45.7 Å². The predicted octanol–water partition coefficient (Wildman–Crippen LogP) is 5.10. The van der Waals surface area contributed by atoms with Crippen LogP contribution >= 0.6 is 0 Å². The van der Waals surface area contributed by atoms with Crippen LogP contribution in [0.3, 0.4) is 0 Å². The van der Waals surface area contributed by atoms with Gasteiger partial charge in [-0.15, -0.1) is 0 Å². The van der Waals surface area contributed by atoms with Crippen LogP contribution in [0.25, 0.3) is 22.0 Å². The first-order chi connectivity index (χ1) is 18.2. The summed E-state index contributed by atoms with van der Waals surface area (Å²) in [6.07, 6.45) is -2.18. The number of fused-ring (bicyclic) bond motifs is 1. The number of benzene rings is 1. The van der Waals surface area contributed by atoms with Gasteiger partial charge in [0.15, 0.2) is 5.75 Å². The summed E-state index contributed by atoms with van der Waals surface area (Å²) in [5.74, 6) is -0.870. The van der Waals surface area contributed by atoms with Crippen molar-refractivity contribution in [3.63, 3.8) is 0 Å². The number of hydrogen-bond acceptors (Lipinski definition) is 4. The lowest BCUT2D eigenvalue weighted by molar-refractivity contribution is -0.163. The molecule has 0 saturated heterocycles. The van der Waals surface area contributed by atoms with Crippen LogP contribution in [0.2, 0.25) is 0 Å². The third kappa shape index (κ3) is 4.49. The fourth-order valence-electron chi connectivity index (χ4n) is 4.63. The normalized spacial score (nSPS) is 14.5. The number of H-pyrrole nitrogens is 1. The number of hydrogen-bond donors (Lipinski definition) is 2. The van der Waals surface area contributed by atoms with Crippen LogP contribution in [0, 0.1) is 19.7 Å². The summed E-state index contributed by atoms with van der Waals surface area (Å²) >= 11 is 0. The van der Waals surface area contributed by atoms with Gasteiger partial charge in [0.25, 0.3) is 17.0 Å². The molecule has 4 aromatic rings. The molecule has 3 aromatic heterocycles. The quantitative estimate of drug-likeness (QED) is 0.339. The molecular formula is C27H28F4N4O4. The van der Waals surface area contributed by atoms with Crippen molar-refractivity contribution in [3.8, 4) is 22.6 Å². The molecule has 2 N–H and O–H groups in total. The summed E-state index contributed by atoms with van der Waals surface area (Å²) in [6.45, 7) is 3.34. The number of carbonyl (C=O) groups is 1. The molecule has 12 heteroatoms. The Morgan fingerprint density at radius 1 is 1.03 bits per heavy atom. The summed E-state index contributed by atoms with van der Waals surface area (Å²) in [6, 6.07) is 5.18. The second-order valence-corrected chi connectivity index (χ2v) is 9.94. The first-order valence-electron chi connectivity index (χ1n) is 12.0. The molecule has 1 fully saturated rings. The summed E-state index contributed by atoms with van der Waals surface area (Å²) in [4.78, 5) is 41.0. The lowest BCUT2D eigenvalue weighted by atomic mass is 10.0. The van der Waals surface area contributed by atoms with E-state index < -0.39 is 34.6 Å². The van der Waals surface area contributed by atoms with Crippen molar-refractivity contribution in [2.75, 3.05) is 0 Å². The van der Waals surface area contributed by atoms with Crippen LogP contribution in [-0.2, 0) is 14.1 Å². The van der Waals surface area contributed by atoms with Crippen molar-refractivity contribution in [2.24, 2.45) is 14.1 Å². The minimum absolute atomic E-state index is 0. The molecular weight excluding hydrogens is 520 g/mol. The molecule has 8 nitrogen and oxygen atoms in total. The van der Waals surface area contributed by atoms with E-state index >= 15 is 0 Å². The highest BCUT2D eigenvalue weighted by atomic mass is 19.4. The number of rotatable bonds is 5. The molecule has 0 unspecified atom stereocenters. The summed E-state index contributed by atoms with van der Waals surface area (Å²) in [5.41, 5.74) is -1.87. The second-order valence-electron chi connectivity index (χ2n) is 9.94. The van der Waals surface area contributed by atoms with Gasteiger partial charge in [-0.3, -0.25) is 14.4 Å². The fourth-order valence-corrected chi connectivity index (χ4v) is 4.63. The van der Waals surface area contributed by atoms with E-state index in [1.54, 1.807) is 13.8 Å².